The number of benzene rings is 3. The first-order valence-electron chi connectivity index (χ1n) is 10.8. The molecular weight excluding hydrogens is 450 g/mol. The zero-order valence-corrected chi connectivity index (χ0v) is 20.2. The van der Waals surface area contributed by atoms with Gasteiger partial charge in [0.1, 0.15) is 11.5 Å². The molecular formula is C27H25NO3S2. The monoisotopic (exact) mass is 475 g/mol. The third-order valence-corrected chi connectivity index (χ3v) is 6.31. The average molecular weight is 476 g/mol. The molecule has 1 fully saturated rings. The van der Waals surface area contributed by atoms with E-state index in [1.807, 2.05) is 72.8 Å². The van der Waals surface area contributed by atoms with E-state index in [1.165, 1.54) is 22.9 Å². The fourth-order valence-electron chi connectivity index (χ4n) is 3.53. The lowest BCUT2D eigenvalue weighted by atomic mass is 10.1. The summed E-state index contributed by atoms with van der Waals surface area (Å²) in [6.45, 7) is 5.30. The summed E-state index contributed by atoms with van der Waals surface area (Å²) in [7, 11) is 0. The summed E-state index contributed by atoms with van der Waals surface area (Å²) in [4.78, 5) is 15.0. The molecule has 168 valence electrons. The van der Waals surface area contributed by atoms with Gasteiger partial charge in [-0.1, -0.05) is 60.4 Å². The van der Waals surface area contributed by atoms with Crippen molar-refractivity contribution in [2.45, 2.75) is 20.3 Å². The highest BCUT2D eigenvalue weighted by Gasteiger charge is 2.33. The van der Waals surface area contributed by atoms with Crippen molar-refractivity contribution in [1.29, 1.82) is 0 Å². The van der Waals surface area contributed by atoms with Crippen LogP contribution in [0.1, 0.15) is 23.1 Å². The first-order valence-corrected chi connectivity index (χ1v) is 12.0. The normalized spacial score (nSPS) is 14.7. The van der Waals surface area contributed by atoms with Crippen molar-refractivity contribution < 1.29 is 14.3 Å². The van der Waals surface area contributed by atoms with Crippen LogP contribution in [0.4, 0.5) is 5.69 Å². The Morgan fingerprint density at radius 2 is 1.52 bits per heavy atom. The molecule has 1 aliphatic rings. The number of hydrogen-bond acceptors (Lipinski definition) is 5. The number of para-hydroxylation sites is 1. The number of hydrogen-bond donors (Lipinski definition) is 0. The van der Waals surface area contributed by atoms with Gasteiger partial charge in [-0.15, -0.1) is 0 Å². The number of aryl methyl sites for hydroxylation is 2. The molecule has 0 radical (unpaired) electrons. The van der Waals surface area contributed by atoms with Gasteiger partial charge >= 0.3 is 0 Å². The number of nitrogens with zero attached hydrogens (tertiary/aromatic N) is 1. The van der Waals surface area contributed by atoms with Crippen LogP contribution < -0.4 is 14.4 Å². The van der Waals surface area contributed by atoms with E-state index >= 15 is 0 Å². The van der Waals surface area contributed by atoms with E-state index in [0.29, 0.717) is 22.4 Å². The van der Waals surface area contributed by atoms with Gasteiger partial charge in [-0.3, -0.25) is 9.69 Å². The first-order chi connectivity index (χ1) is 16.0. The molecule has 0 saturated carbocycles. The van der Waals surface area contributed by atoms with E-state index in [2.05, 4.69) is 19.9 Å². The maximum atomic E-state index is 12.8. The van der Waals surface area contributed by atoms with Gasteiger partial charge in [0.05, 0.1) is 23.8 Å². The van der Waals surface area contributed by atoms with Crippen molar-refractivity contribution in [2.75, 3.05) is 18.1 Å². The Balaban J connectivity index is 1.28. The number of rotatable bonds is 8. The zero-order valence-electron chi connectivity index (χ0n) is 18.6. The van der Waals surface area contributed by atoms with Gasteiger partial charge in [0.2, 0.25) is 0 Å². The van der Waals surface area contributed by atoms with Gasteiger partial charge in [-0.25, -0.2) is 0 Å². The van der Waals surface area contributed by atoms with Crippen molar-refractivity contribution >= 4 is 46.0 Å². The number of carbonyl (C=O) groups excluding carboxylic acids is 1. The Bertz CT molecular complexity index is 1150. The molecule has 0 aromatic heterocycles. The molecule has 0 N–H and O–H groups in total. The van der Waals surface area contributed by atoms with Crippen molar-refractivity contribution in [2.24, 2.45) is 0 Å². The summed E-state index contributed by atoms with van der Waals surface area (Å²) in [5.41, 5.74) is 4.11. The quantitative estimate of drug-likeness (QED) is 0.210. The molecule has 4 rings (SSSR count). The van der Waals surface area contributed by atoms with Crippen molar-refractivity contribution in [3.8, 4) is 11.5 Å². The van der Waals surface area contributed by atoms with Crippen molar-refractivity contribution in [3.05, 3.63) is 94.4 Å². The summed E-state index contributed by atoms with van der Waals surface area (Å²) in [5.74, 6) is 1.59. The summed E-state index contributed by atoms with van der Waals surface area (Å²) < 4.78 is 12.2. The minimum Gasteiger partial charge on any atom is -0.493 e. The molecule has 1 amide bonds. The van der Waals surface area contributed by atoms with Gasteiger partial charge in [-0.2, -0.15) is 0 Å². The van der Waals surface area contributed by atoms with Crippen molar-refractivity contribution in [3.63, 3.8) is 0 Å². The molecule has 0 aliphatic carbocycles. The maximum absolute atomic E-state index is 12.8. The summed E-state index contributed by atoms with van der Waals surface area (Å²) in [6.07, 6.45) is 2.65. The second-order valence-corrected chi connectivity index (χ2v) is 9.47. The van der Waals surface area contributed by atoms with E-state index in [4.69, 9.17) is 21.7 Å². The molecule has 1 aliphatic heterocycles. The van der Waals surface area contributed by atoms with E-state index in [-0.39, 0.29) is 5.91 Å². The van der Waals surface area contributed by atoms with Crippen LogP contribution in [-0.2, 0) is 4.79 Å². The van der Waals surface area contributed by atoms with E-state index in [9.17, 15) is 4.79 Å². The second-order valence-electron chi connectivity index (χ2n) is 7.80. The number of thioether (sulfide) groups is 1. The lowest BCUT2D eigenvalue weighted by molar-refractivity contribution is -0.113. The second kappa shape index (κ2) is 10.7. The van der Waals surface area contributed by atoms with E-state index in [0.717, 1.165) is 29.2 Å². The van der Waals surface area contributed by atoms with Gasteiger partial charge in [0.25, 0.3) is 5.91 Å². The third-order valence-electron chi connectivity index (χ3n) is 5.01. The SMILES string of the molecule is Cc1cc(C)cc(OCCCOc2ccc(C=C3SC(=S)N(c4ccccc4)C3=O)cc2)c1. The van der Waals surface area contributed by atoms with Crippen LogP contribution in [-0.4, -0.2) is 23.4 Å². The predicted octanol–water partition coefficient (Wildman–Crippen LogP) is 6.56. The van der Waals surface area contributed by atoms with Crippen LogP contribution in [0, 0.1) is 13.8 Å². The largest absolute Gasteiger partial charge is 0.493 e. The minimum atomic E-state index is -0.0969. The summed E-state index contributed by atoms with van der Waals surface area (Å²) in [5, 5.41) is 0. The molecule has 3 aromatic carbocycles. The Kier molecular flexibility index (Phi) is 7.47. The lowest BCUT2D eigenvalue weighted by Gasteiger charge is -2.13. The topological polar surface area (TPSA) is 38.8 Å². The van der Waals surface area contributed by atoms with E-state index in [1.54, 1.807) is 4.90 Å². The van der Waals surface area contributed by atoms with Gasteiger partial charge in [0.15, 0.2) is 4.32 Å². The highest BCUT2D eigenvalue weighted by atomic mass is 32.2. The lowest BCUT2D eigenvalue weighted by Crippen LogP contribution is -2.27. The molecule has 33 heavy (non-hydrogen) atoms. The number of thiocarbonyl (C=S) groups is 1. The average Bonchev–Trinajstić information content (AvgIpc) is 3.07. The number of amides is 1. The van der Waals surface area contributed by atoms with Crippen molar-refractivity contribution in [1.82, 2.24) is 0 Å². The van der Waals surface area contributed by atoms with Crippen LogP contribution in [0.15, 0.2) is 77.7 Å². The smallest absolute Gasteiger partial charge is 0.270 e. The molecule has 1 saturated heterocycles. The minimum absolute atomic E-state index is 0.0969. The maximum Gasteiger partial charge on any atom is 0.270 e. The molecule has 0 bridgehead atoms. The Hall–Kier alpha value is -3.09. The highest BCUT2D eigenvalue weighted by molar-refractivity contribution is 8.27. The van der Waals surface area contributed by atoms with Gasteiger partial charge < -0.3 is 9.47 Å². The van der Waals surface area contributed by atoms with Gasteiger partial charge in [0, 0.05) is 6.42 Å². The predicted molar refractivity (Wildman–Crippen MR) is 140 cm³/mol. The Labute approximate surface area is 204 Å². The molecule has 1 heterocycles. The van der Waals surface area contributed by atoms with Crippen LogP contribution >= 0.6 is 24.0 Å². The highest BCUT2D eigenvalue weighted by Crippen LogP contribution is 2.36. The molecule has 0 atom stereocenters. The first kappa shape index (κ1) is 23.1. The van der Waals surface area contributed by atoms with E-state index < -0.39 is 0 Å². The van der Waals surface area contributed by atoms with Crippen LogP contribution in [0.25, 0.3) is 6.08 Å². The summed E-state index contributed by atoms with van der Waals surface area (Å²) in [6, 6.07) is 23.4. The molecule has 3 aromatic rings. The Morgan fingerprint density at radius 1 is 0.879 bits per heavy atom. The number of ether oxygens (including phenoxy) is 2. The number of anilines is 1. The molecule has 4 nitrogen and oxygen atoms in total. The van der Waals surface area contributed by atoms with Gasteiger partial charge in [-0.05, 0) is 73.0 Å². The van der Waals surface area contributed by atoms with Crippen LogP contribution in [0.5, 0.6) is 11.5 Å². The van der Waals surface area contributed by atoms with Crippen LogP contribution in [0.3, 0.4) is 0 Å². The summed E-state index contributed by atoms with van der Waals surface area (Å²) >= 11 is 6.74. The third kappa shape index (κ3) is 6.03. The Morgan fingerprint density at radius 3 is 2.18 bits per heavy atom. The fraction of sp³-hybridized carbons (Fsp3) is 0.185. The standard InChI is InChI=1S/C27H25NO3S2/c1-19-15-20(2)17-24(16-19)31-14-6-13-30-23-11-9-21(10-12-23)18-25-26(29)28(27(32)33-25)22-7-4-3-5-8-22/h3-5,7-12,15-18H,6,13-14H2,1-2H3. The van der Waals surface area contributed by atoms with Crippen LogP contribution in [0.2, 0.25) is 0 Å². The molecule has 0 unspecified atom stereocenters. The number of carbonyl (C=O) groups is 1. The molecule has 6 heteroatoms. The molecule has 0 spiro atoms. The zero-order chi connectivity index (χ0) is 23.2. The fourth-order valence-corrected chi connectivity index (χ4v) is 4.83.